The van der Waals surface area contributed by atoms with E-state index in [9.17, 15) is 9.90 Å². The zero-order valence-electron chi connectivity index (χ0n) is 13.8. The summed E-state index contributed by atoms with van der Waals surface area (Å²) in [5, 5.41) is 12.8. The van der Waals surface area contributed by atoms with Crippen LogP contribution in [0.2, 0.25) is 0 Å². The average Bonchev–Trinajstić information content (AvgIpc) is 2.80. The van der Waals surface area contributed by atoms with Crippen molar-refractivity contribution in [3.63, 3.8) is 0 Å². The first kappa shape index (κ1) is 16.5. The van der Waals surface area contributed by atoms with Gasteiger partial charge < -0.3 is 5.11 Å². The van der Waals surface area contributed by atoms with Crippen molar-refractivity contribution in [1.29, 1.82) is 0 Å². The van der Waals surface area contributed by atoms with Gasteiger partial charge in [0.1, 0.15) is 0 Å². The maximum Gasteiger partial charge on any atom is 0.310 e. The molecular formula is C17H27NO2S. The Kier molecular flexibility index (Phi) is 4.22. The number of aliphatic carboxylic acids is 1. The predicted molar refractivity (Wildman–Crippen MR) is 86.8 cm³/mol. The van der Waals surface area contributed by atoms with Crippen LogP contribution < -0.4 is 0 Å². The van der Waals surface area contributed by atoms with Gasteiger partial charge in [-0.1, -0.05) is 34.6 Å². The molecule has 0 aromatic carbocycles. The molecule has 2 rings (SSSR count). The van der Waals surface area contributed by atoms with E-state index in [1.54, 1.807) is 11.3 Å². The van der Waals surface area contributed by atoms with Gasteiger partial charge >= 0.3 is 5.97 Å². The molecule has 0 saturated heterocycles. The Hall–Kier alpha value is -0.900. The Bertz CT molecular complexity index is 515. The Balaban J connectivity index is 2.18. The quantitative estimate of drug-likeness (QED) is 0.884. The second-order valence-electron chi connectivity index (χ2n) is 8.30. The first-order valence-corrected chi connectivity index (χ1v) is 8.60. The van der Waals surface area contributed by atoms with Gasteiger partial charge in [-0.25, -0.2) is 4.98 Å². The SMILES string of the molecule is CC1(C)CCC(Cc2nc(C(C)(C)C)cs2)(C(=O)O)CC1. The van der Waals surface area contributed by atoms with E-state index in [2.05, 4.69) is 40.0 Å². The molecule has 0 unspecified atom stereocenters. The van der Waals surface area contributed by atoms with Gasteiger partial charge in [0.25, 0.3) is 0 Å². The molecule has 3 nitrogen and oxygen atoms in total. The summed E-state index contributed by atoms with van der Waals surface area (Å²) >= 11 is 1.61. The Labute approximate surface area is 131 Å². The molecule has 0 spiro atoms. The third kappa shape index (κ3) is 3.65. The lowest BCUT2D eigenvalue weighted by Gasteiger charge is -2.40. The van der Waals surface area contributed by atoms with Crippen LogP contribution in [0.1, 0.15) is 71.0 Å². The minimum atomic E-state index is -0.648. The first-order chi connectivity index (χ1) is 9.54. The van der Waals surface area contributed by atoms with Gasteiger partial charge in [0.15, 0.2) is 0 Å². The van der Waals surface area contributed by atoms with Crippen molar-refractivity contribution < 1.29 is 9.90 Å². The second kappa shape index (κ2) is 5.38. The van der Waals surface area contributed by atoms with E-state index in [0.29, 0.717) is 6.42 Å². The molecule has 4 heteroatoms. The highest BCUT2D eigenvalue weighted by atomic mass is 32.1. The van der Waals surface area contributed by atoms with Gasteiger partial charge in [0.05, 0.1) is 16.1 Å². The van der Waals surface area contributed by atoms with E-state index >= 15 is 0 Å². The van der Waals surface area contributed by atoms with Crippen LogP contribution in [0.4, 0.5) is 0 Å². The van der Waals surface area contributed by atoms with E-state index < -0.39 is 11.4 Å². The summed E-state index contributed by atoms with van der Waals surface area (Å²) in [4.78, 5) is 16.6. The van der Waals surface area contributed by atoms with E-state index in [1.807, 2.05) is 0 Å². The largest absolute Gasteiger partial charge is 0.481 e. The van der Waals surface area contributed by atoms with Crippen molar-refractivity contribution >= 4 is 17.3 Å². The molecule has 0 amide bonds. The maximum absolute atomic E-state index is 11.9. The summed E-state index contributed by atoms with van der Waals surface area (Å²) in [5.74, 6) is -0.648. The van der Waals surface area contributed by atoms with Crippen LogP contribution in [0.15, 0.2) is 5.38 Å². The third-order valence-electron chi connectivity index (χ3n) is 4.82. The molecule has 21 heavy (non-hydrogen) atoms. The predicted octanol–water partition coefficient (Wildman–Crippen LogP) is 4.65. The van der Waals surface area contributed by atoms with Crippen molar-refractivity contribution in [1.82, 2.24) is 4.98 Å². The number of aromatic nitrogens is 1. The number of carboxylic acid groups (broad SMARTS) is 1. The fourth-order valence-electron chi connectivity index (χ4n) is 2.90. The molecule has 1 aliphatic carbocycles. The zero-order valence-corrected chi connectivity index (χ0v) is 14.6. The fraction of sp³-hybridized carbons (Fsp3) is 0.765. The van der Waals surface area contributed by atoms with Crippen LogP contribution in [-0.2, 0) is 16.6 Å². The number of carbonyl (C=O) groups is 1. The summed E-state index contributed by atoms with van der Waals surface area (Å²) in [6.45, 7) is 10.9. The molecule has 1 saturated carbocycles. The minimum Gasteiger partial charge on any atom is -0.481 e. The van der Waals surface area contributed by atoms with Crippen LogP contribution in [0.5, 0.6) is 0 Å². The van der Waals surface area contributed by atoms with Gasteiger partial charge in [-0.3, -0.25) is 4.79 Å². The molecule has 1 heterocycles. The van der Waals surface area contributed by atoms with Gasteiger partial charge in [-0.15, -0.1) is 11.3 Å². The standard InChI is InChI=1S/C17H27NO2S/c1-15(2,3)12-11-21-13(18-12)10-17(14(19)20)8-6-16(4,5)7-9-17/h11H,6-10H2,1-5H3,(H,19,20). The van der Waals surface area contributed by atoms with Gasteiger partial charge in [-0.2, -0.15) is 0 Å². The van der Waals surface area contributed by atoms with Crippen molar-refractivity contribution in [2.45, 2.75) is 72.1 Å². The van der Waals surface area contributed by atoms with Crippen molar-refractivity contribution in [3.8, 4) is 0 Å². The highest BCUT2D eigenvalue weighted by Gasteiger charge is 2.44. The molecule has 1 N–H and O–H groups in total. The highest BCUT2D eigenvalue weighted by Crippen LogP contribution is 2.47. The zero-order chi connectivity index (χ0) is 15.9. The molecular weight excluding hydrogens is 282 g/mol. The number of nitrogens with zero attached hydrogens (tertiary/aromatic N) is 1. The van der Waals surface area contributed by atoms with Crippen LogP contribution in [0.25, 0.3) is 0 Å². The molecule has 118 valence electrons. The summed E-state index contributed by atoms with van der Waals surface area (Å²) in [6, 6.07) is 0. The van der Waals surface area contributed by atoms with E-state index in [4.69, 9.17) is 4.98 Å². The van der Waals surface area contributed by atoms with E-state index in [1.165, 1.54) is 0 Å². The lowest BCUT2D eigenvalue weighted by molar-refractivity contribution is -0.152. The van der Waals surface area contributed by atoms with E-state index in [-0.39, 0.29) is 10.8 Å². The average molecular weight is 309 g/mol. The number of rotatable bonds is 3. The number of carboxylic acids is 1. The van der Waals surface area contributed by atoms with Crippen LogP contribution in [-0.4, -0.2) is 16.1 Å². The molecule has 1 aliphatic rings. The molecule has 1 fully saturated rings. The van der Waals surface area contributed by atoms with Crippen molar-refractivity contribution in [2.24, 2.45) is 10.8 Å². The van der Waals surface area contributed by atoms with Gasteiger partial charge in [0.2, 0.25) is 0 Å². The molecule has 0 aliphatic heterocycles. The first-order valence-electron chi connectivity index (χ1n) is 7.72. The summed E-state index contributed by atoms with van der Waals surface area (Å²) in [6.07, 6.45) is 4.08. The normalized spacial score (nSPS) is 21.2. The molecule has 1 aromatic heterocycles. The number of hydrogen-bond donors (Lipinski definition) is 1. The van der Waals surface area contributed by atoms with Crippen LogP contribution in [0.3, 0.4) is 0 Å². The molecule has 0 radical (unpaired) electrons. The Morgan fingerprint density at radius 3 is 2.29 bits per heavy atom. The lowest BCUT2D eigenvalue weighted by Crippen LogP contribution is -2.39. The third-order valence-corrected chi connectivity index (χ3v) is 5.67. The molecule has 1 aromatic rings. The summed E-state index contributed by atoms with van der Waals surface area (Å²) < 4.78 is 0. The fourth-order valence-corrected chi connectivity index (χ4v) is 4.06. The van der Waals surface area contributed by atoms with Crippen LogP contribution in [0, 0.1) is 10.8 Å². The highest BCUT2D eigenvalue weighted by molar-refractivity contribution is 7.09. The minimum absolute atomic E-state index is 0.0275. The smallest absolute Gasteiger partial charge is 0.310 e. The maximum atomic E-state index is 11.9. The van der Waals surface area contributed by atoms with Gasteiger partial charge in [0, 0.05) is 17.2 Å². The second-order valence-corrected chi connectivity index (χ2v) is 9.25. The molecule has 0 atom stereocenters. The number of thiazole rings is 1. The Morgan fingerprint density at radius 2 is 1.86 bits per heavy atom. The van der Waals surface area contributed by atoms with Crippen molar-refractivity contribution in [2.75, 3.05) is 0 Å². The van der Waals surface area contributed by atoms with Crippen LogP contribution >= 0.6 is 11.3 Å². The van der Waals surface area contributed by atoms with Crippen molar-refractivity contribution in [3.05, 3.63) is 16.1 Å². The summed E-state index contributed by atoms with van der Waals surface area (Å²) in [7, 11) is 0. The monoisotopic (exact) mass is 309 g/mol. The molecule has 0 bridgehead atoms. The Morgan fingerprint density at radius 1 is 1.29 bits per heavy atom. The number of hydrogen-bond acceptors (Lipinski definition) is 3. The summed E-state index contributed by atoms with van der Waals surface area (Å²) in [5.41, 5.74) is 0.764. The lowest BCUT2D eigenvalue weighted by atomic mass is 9.64. The van der Waals surface area contributed by atoms with Gasteiger partial charge in [-0.05, 0) is 31.1 Å². The van der Waals surface area contributed by atoms with E-state index in [0.717, 1.165) is 36.4 Å². The topological polar surface area (TPSA) is 50.2 Å².